The molecule has 3 aromatic rings. The van der Waals surface area contributed by atoms with Crippen LogP contribution in [0.25, 0.3) is 16.7 Å². The number of benzene rings is 1. The van der Waals surface area contributed by atoms with Crippen molar-refractivity contribution in [2.45, 2.75) is 13.8 Å². The number of rotatable bonds is 1. The van der Waals surface area contributed by atoms with Gasteiger partial charge in [0.15, 0.2) is 5.82 Å². The Morgan fingerprint density at radius 1 is 1.25 bits per heavy atom. The number of aromatic nitrogens is 3. The minimum absolute atomic E-state index is 0.578. The molecule has 98 valence electrons. The van der Waals surface area contributed by atoms with Crippen LogP contribution in [0.1, 0.15) is 17.0 Å². The maximum absolute atomic E-state index is 9.30. The van der Waals surface area contributed by atoms with Crippen molar-refractivity contribution < 1.29 is 0 Å². The number of aryl methyl sites for hydroxylation is 1. The molecule has 0 radical (unpaired) electrons. The molecule has 0 aliphatic carbocycles. The fraction of sp³-hybridized carbons (Fsp3) is 0.133. The van der Waals surface area contributed by atoms with E-state index in [2.05, 4.69) is 16.2 Å². The Balaban J connectivity index is 2.32. The highest BCUT2D eigenvalue weighted by Crippen LogP contribution is 2.24. The van der Waals surface area contributed by atoms with E-state index in [1.165, 1.54) is 0 Å². The van der Waals surface area contributed by atoms with Gasteiger partial charge in [-0.2, -0.15) is 10.4 Å². The van der Waals surface area contributed by atoms with E-state index in [0.717, 1.165) is 22.3 Å². The Morgan fingerprint density at radius 3 is 2.65 bits per heavy atom. The van der Waals surface area contributed by atoms with Crippen LogP contribution in [0.4, 0.5) is 0 Å². The topological polar surface area (TPSA) is 54.5 Å². The number of nitrogens with zero attached hydrogens (tertiary/aromatic N) is 4. The Labute approximate surface area is 121 Å². The lowest BCUT2D eigenvalue weighted by molar-refractivity contribution is 0.810. The number of fused-ring (bicyclic) bond motifs is 1. The molecule has 2 aromatic heterocycles. The highest BCUT2D eigenvalue weighted by Gasteiger charge is 2.13. The molecule has 20 heavy (non-hydrogen) atoms. The lowest BCUT2D eigenvalue weighted by atomic mass is 10.1. The third kappa shape index (κ3) is 1.84. The Morgan fingerprint density at radius 2 is 2.00 bits per heavy atom. The van der Waals surface area contributed by atoms with Crippen LogP contribution in [-0.2, 0) is 0 Å². The molecule has 4 nitrogen and oxygen atoms in total. The van der Waals surface area contributed by atoms with Crippen molar-refractivity contribution in [2.24, 2.45) is 0 Å². The van der Waals surface area contributed by atoms with Gasteiger partial charge in [-0.3, -0.25) is 0 Å². The van der Waals surface area contributed by atoms with E-state index in [4.69, 9.17) is 11.6 Å². The number of pyridine rings is 1. The second kappa shape index (κ2) is 4.62. The predicted octanol–water partition coefficient (Wildman–Crippen LogP) is 3.56. The normalized spacial score (nSPS) is 10.7. The number of hydrogen-bond acceptors (Lipinski definition) is 3. The zero-order valence-electron chi connectivity index (χ0n) is 11.1. The van der Waals surface area contributed by atoms with Gasteiger partial charge in [0.05, 0.1) is 33.6 Å². The number of hydrogen-bond donors (Lipinski definition) is 0. The third-order valence-electron chi connectivity index (χ3n) is 3.24. The van der Waals surface area contributed by atoms with Gasteiger partial charge in [0.2, 0.25) is 0 Å². The van der Waals surface area contributed by atoms with Crippen molar-refractivity contribution in [3.05, 3.63) is 52.3 Å². The van der Waals surface area contributed by atoms with E-state index in [0.29, 0.717) is 16.4 Å². The molecule has 0 N–H and O–H groups in total. The maximum atomic E-state index is 9.30. The summed E-state index contributed by atoms with van der Waals surface area (Å²) in [4.78, 5) is 4.56. The van der Waals surface area contributed by atoms with E-state index in [1.54, 1.807) is 10.7 Å². The Kier molecular flexibility index (Phi) is 2.92. The molecule has 0 unspecified atom stereocenters. The molecule has 0 aliphatic rings. The molecule has 0 spiro atoms. The molecule has 5 heteroatoms. The summed E-state index contributed by atoms with van der Waals surface area (Å²) < 4.78 is 1.67. The van der Waals surface area contributed by atoms with Crippen LogP contribution in [0.15, 0.2) is 30.3 Å². The first-order valence-corrected chi connectivity index (χ1v) is 6.51. The fourth-order valence-corrected chi connectivity index (χ4v) is 2.33. The molecule has 3 rings (SSSR count). The fourth-order valence-electron chi connectivity index (χ4n) is 2.21. The first-order valence-electron chi connectivity index (χ1n) is 6.14. The minimum Gasteiger partial charge on any atom is -0.229 e. The van der Waals surface area contributed by atoms with Crippen LogP contribution in [0, 0.1) is 25.2 Å². The summed E-state index contributed by atoms with van der Waals surface area (Å²) in [6.07, 6.45) is 0. The van der Waals surface area contributed by atoms with Gasteiger partial charge >= 0.3 is 0 Å². The third-order valence-corrected chi connectivity index (χ3v) is 3.79. The van der Waals surface area contributed by atoms with Crippen LogP contribution in [0.2, 0.25) is 5.02 Å². The monoisotopic (exact) mass is 282 g/mol. The molecule has 1 aromatic carbocycles. The van der Waals surface area contributed by atoms with Crippen LogP contribution in [0.3, 0.4) is 0 Å². The number of para-hydroxylation sites is 1. The van der Waals surface area contributed by atoms with Gasteiger partial charge < -0.3 is 0 Å². The second-order valence-corrected chi connectivity index (χ2v) is 4.93. The lowest BCUT2D eigenvalue weighted by Crippen LogP contribution is -2.03. The molecule has 0 saturated heterocycles. The van der Waals surface area contributed by atoms with Gasteiger partial charge in [-0.1, -0.05) is 29.8 Å². The van der Waals surface area contributed by atoms with Crippen molar-refractivity contribution >= 4 is 22.5 Å². The SMILES string of the molecule is Cc1nn(-c2cc(C#N)c3ccccc3n2)c(C)c1Cl. The van der Waals surface area contributed by atoms with Crippen LogP contribution >= 0.6 is 11.6 Å². The number of halogens is 1. The molecule has 2 heterocycles. The van der Waals surface area contributed by atoms with E-state index >= 15 is 0 Å². The minimum atomic E-state index is 0.578. The van der Waals surface area contributed by atoms with Crippen LogP contribution in [-0.4, -0.2) is 14.8 Å². The van der Waals surface area contributed by atoms with Crippen molar-refractivity contribution in [1.82, 2.24) is 14.8 Å². The summed E-state index contributed by atoms with van der Waals surface area (Å²) in [6, 6.07) is 11.5. The van der Waals surface area contributed by atoms with Gasteiger partial charge in [-0.25, -0.2) is 9.67 Å². The van der Waals surface area contributed by atoms with E-state index in [9.17, 15) is 5.26 Å². The summed E-state index contributed by atoms with van der Waals surface area (Å²) in [7, 11) is 0. The highest BCUT2D eigenvalue weighted by atomic mass is 35.5. The molecular formula is C15H11ClN4. The van der Waals surface area contributed by atoms with Crippen LogP contribution in [0.5, 0.6) is 0 Å². The summed E-state index contributed by atoms with van der Waals surface area (Å²) >= 11 is 6.16. The average Bonchev–Trinajstić information content (AvgIpc) is 2.73. The molecular weight excluding hydrogens is 272 g/mol. The van der Waals surface area contributed by atoms with Crippen molar-refractivity contribution in [1.29, 1.82) is 5.26 Å². The molecule has 0 aliphatic heterocycles. The number of nitriles is 1. The summed E-state index contributed by atoms with van der Waals surface area (Å²) in [5, 5.41) is 15.1. The average molecular weight is 283 g/mol. The molecule has 0 saturated carbocycles. The second-order valence-electron chi connectivity index (χ2n) is 4.55. The van der Waals surface area contributed by atoms with Gasteiger partial charge in [0.1, 0.15) is 0 Å². The predicted molar refractivity (Wildman–Crippen MR) is 78.1 cm³/mol. The van der Waals surface area contributed by atoms with Gasteiger partial charge in [-0.15, -0.1) is 0 Å². The van der Waals surface area contributed by atoms with Gasteiger partial charge in [0.25, 0.3) is 0 Å². The molecule has 0 amide bonds. The van der Waals surface area contributed by atoms with E-state index in [1.807, 2.05) is 38.1 Å². The first-order chi connectivity index (χ1) is 9.61. The highest BCUT2D eigenvalue weighted by molar-refractivity contribution is 6.31. The standard InChI is InChI=1S/C15H11ClN4/c1-9-15(16)10(2)20(19-9)14-7-11(8-17)12-5-3-4-6-13(12)18-14/h3-7H,1-2H3. The molecule has 0 atom stereocenters. The van der Waals surface area contributed by atoms with Crippen molar-refractivity contribution in [3.63, 3.8) is 0 Å². The van der Waals surface area contributed by atoms with Crippen LogP contribution < -0.4 is 0 Å². The van der Waals surface area contributed by atoms with Crippen molar-refractivity contribution in [3.8, 4) is 11.9 Å². The summed E-state index contributed by atoms with van der Waals surface area (Å²) in [5.41, 5.74) is 2.91. The van der Waals surface area contributed by atoms with Crippen molar-refractivity contribution in [2.75, 3.05) is 0 Å². The Hall–Kier alpha value is -2.38. The zero-order chi connectivity index (χ0) is 14.3. The quantitative estimate of drug-likeness (QED) is 0.686. The maximum Gasteiger partial charge on any atom is 0.155 e. The van der Waals surface area contributed by atoms with Gasteiger partial charge in [0, 0.05) is 11.5 Å². The summed E-state index contributed by atoms with van der Waals surface area (Å²) in [5.74, 6) is 0.604. The summed E-state index contributed by atoms with van der Waals surface area (Å²) in [6.45, 7) is 3.73. The largest absolute Gasteiger partial charge is 0.229 e. The lowest BCUT2D eigenvalue weighted by Gasteiger charge is -2.06. The Bertz CT molecular complexity index is 858. The molecule has 0 fully saturated rings. The van der Waals surface area contributed by atoms with E-state index in [-0.39, 0.29) is 0 Å². The zero-order valence-corrected chi connectivity index (χ0v) is 11.8. The molecule has 0 bridgehead atoms. The van der Waals surface area contributed by atoms with E-state index < -0.39 is 0 Å². The van der Waals surface area contributed by atoms with Gasteiger partial charge in [-0.05, 0) is 19.9 Å². The smallest absolute Gasteiger partial charge is 0.155 e. The first kappa shape index (κ1) is 12.6.